The van der Waals surface area contributed by atoms with Crippen LogP contribution in [0.2, 0.25) is 0 Å². The lowest BCUT2D eigenvalue weighted by Crippen LogP contribution is -2.40. The maximum Gasteiger partial charge on any atom is 0.325 e. The van der Waals surface area contributed by atoms with Crippen LogP contribution in [0, 0.1) is 0 Å². The second-order valence-electron chi connectivity index (χ2n) is 13.5. The minimum absolute atomic E-state index is 0.282. The van der Waals surface area contributed by atoms with Crippen LogP contribution >= 0.6 is 0 Å². The van der Waals surface area contributed by atoms with Crippen molar-refractivity contribution in [2.75, 3.05) is 40.5 Å². The van der Waals surface area contributed by atoms with Crippen molar-refractivity contribution >= 4 is 17.8 Å². The summed E-state index contributed by atoms with van der Waals surface area (Å²) in [5.74, 6) is -0.675. The van der Waals surface area contributed by atoms with Crippen molar-refractivity contribution in [2.24, 2.45) is 0 Å². The normalized spacial score (nSPS) is 10.9. The van der Waals surface area contributed by atoms with E-state index >= 15 is 0 Å². The van der Waals surface area contributed by atoms with Crippen molar-refractivity contribution in [3.63, 3.8) is 0 Å². The molecule has 49 heavy (non-hydrogen) atoms. The predicted molar refractivity (Wildman–Crippen MR) is 200 cm³/mol. The first-order valence-corrected chi connectivity index (χ1v) is 19.8. The van der Waals surface area contributed by atoms with Crippen molar-refractivity contribution in [3.05, 3.63) is 23.8 Å². The van der Waals surface area contributed by atoms with Crippen molar-refractivity contribution in [1.82, 2.24) is 4.90 Å². The van der Waals surface area contributed by atoms with Gasteiger partial charge in [0.2, 0.25) is 0 Å². The van der Waals surface area contributed by atoms with Crippen molar-refractivity contribution in [3.8, 4) is 11.5 Å². The molecule has 0 N–H and O–H groups in total. The molecule has 1 aromatic rings. The molecule has 8 nitrogen and oxygen atoms in total. The number of carbonyl (C=O) groups is 3. The highest BCUT2D eigenvalue weighted by atomic mass is 16.5. The van der Waals surface area contributed by atoms with E-state index in [4.69, 9.17) is 18.9 Å². The maximum absolute atomic E-state index is 13.5. The third-order valence-electron chi connectivity index (χ3n) is 9.04. The standard InChI is InChI=1S/C41H71NO7/c1-5-7-9-11-13-15-17-19-21-23-25-27-29-48-37-31-36(41(45)42(34-39(43)46-3)35-40(44)47-4)32-38(33-37)49-30-28-26-24-22-20-18-16-14-12-10-8-6-2/h31-33H,5-30,34-35H2,1-4H3. The minimum atomic E-state index is -0.625. The monoisotopic (exact) mass is 690 g/mol. The number of unbranched alkanes of at least 4 members (excludes halogenated alkanes) is 22. The van der Waals surface area contributed by atoms with Gasteiger partial charge in [-0.15, -0.1) is 0 Å². The Morgan fingerprint density at radius 1 is 0.469 bits per heavy atom. The van der Waals surface area contributed by atoms with E-state index in [2.05, 4.69) is 13.8 Å². The van der Waals surface area contributed by atoms with Crippen molar-refractivity contribution in [2.45, 2.75) is 168 Å². The third kappa shape index (κ3) is 24.1. The van der Waals surface area contributed by atoms with Gasteiger partial charge in [0.15, 0.2) is 0 Å². The van der Waals surface area contributed by atoms with E-state index in [-0.39, 0.29) is 18.7 Å². The van der Waals surface area contributed by atoms with Crippen molar-refractivity contribution in [1.29, 1.82) is 0 Å². The van der Waals surface area contributed by atoms with Crippen LogP contribution in [0.5, 0.6) is 11.5 Å². The van der Waals surface area contributed by atoms with Gasteiger partial charge in [-0.3, -0.25) is 14.4 Å². The average molecular weight is 690 g/mol. The number of rotatable bonds is 33. The molecule has 0 aliphatic heterocycles. The summed E-state index contributed by atoms with van der Waals surface area (Å²) in [4.78, 5) is 38.7. The van der Waals surface area contributed by atoms with E-state index in [9.17, 15) is 14.4 Å². The molecule has 1 rings (SSSR count). The molecule has 8 heteroatoms. The van der Waals surface area contributed by atoms with Gasteiger partial charge >= 0.3 is 11.9 Å². The minimum Gasteiger partial charge on any atom is -0.493 e. The van der Waals surface area contributed by atoms with Crippen LogP contribution in [0.1, 0.15) is 178 Å². The number of esters is 2. The van der Waals surface area contributed by atoms with Gasteiger partial charge in [-0.1, -0.05) is 155 Å². The Bertz CT molecular complexity index is 916. The van der Waals surface area contributed by atoms with Crippen LogP contribution in [0.25, 0.3) is 0 Å². The Labute approximate surface area is 299 Å². The highest BCUT2D eigenvalue weighted by molar-refractivity contribution is 5.98. The Morgan fingerprint density at radius 3 is 1.08 bits per heavy atom. The number of benzene rings is 1. The molecule has 0 saturated carbocycles. The van der Waals surface area contributed by atoms with E-state index < -0.39 is 17.8 Å². The molecule has 0 atom stereocenters. The zero-order chi connectivity index (χ0) is 35.8. The van der Waals surface area contributed by atoms with Crippen molar-refractivity contribution < 1.29 is 33.3 Å². The summed E-state index contributed by atoms with van der Waals surface area (Å²) >= 11 is 0. The molecule has 0 aliphatic rings. The van der Waals surface area contributed by atoms with Crippen LogP contribution in [0.4, 0.5) is 0 Å². The molecule has 1 amide bonds. The first kappa shape index (κ1) is 44.3. The lowest BCUT2D eigenvalue weighted by molar-refractivity contribution is -0.144. The summed E-state index contributed by atoms with van der Waals surface area (Å²) in [6.45, 7) is 4.86. The summed E-state index contributed by atoms with van der Waals surface area (Å²) in [6.07, 6.45) is 30.5. The smallest absolute Gasteiger partial charge is 0.325 e. The average Bonchev–Trinajstić information content (AvgIpc) is 3.11. The number of ether oxygens (including phenoxy) is 4. The quantitative estimate of drug-likeness (QED) is 0.0536. The van der Waals surface area contributed by atoms with Gasteiger partial charge in [0.05, 0.1) is 27.4 Å². The molecule has 1 aromatic carbocycles. The summed E-state index contributed by atoms with van der Waals surface area (Å²) in [5, 5.41) is 0. The number of methoxy groups -OCH3 is 2. The van der Waals surface area contributed by atoms with Gasteiger partial charge in [-0.2, -0.15) is 0 Å². The predicted octanol–water partition coefficient (Wildman–Crippen LogP) is 10.6. The molecule has 0 aliphatic carbocycles. The highest BCUT2D eigenvalue weighted by Gasteiger charge is 2.23. The Hall–Kier alpha value is -2.77. The van der Waals surface area contributed by atoms with E-state index in [1.165, 1.54) is 143 Å². The number of hydrogen-bond acceptors (Lipinski definition) is 7. The second kappa shape index (κ2) is 31.2. The fourth-order valence-corrected chi connectivity index (χ4v) is 5.95. The van der Waals surface area contributed by atoms with Gasteiger partial charge in [0, 0.05) is 11.6 Å². The van der Waals surface area contributed by atoms with Crippen LogP contribution in [-0.2, 0) is 19.1 Å². The summed E-state index contributed by atoms with van der Waals surface area (Å²) < 4.78 is 21.7. The second-order valence-corrected chi connectivity index (χ2v) is 13.5. The molecule has 0 radical (unpaired) electrons. The van der Waals surface area contributed by atoms with E-state index in [1.807, 2.05) is 6.07 Å². The maximum atomic E-state index is 13.5. The molecular formula is C41H71NO7. The number of nitrogens with zero attached hydrogens (tertiary/aromatic N) is 1. The molecule has 0 unspecified atom stereocenters. The highest BCUT2D eigenvalue weighted by Crippen LogP contribution is 2.25. The van der Waals surface area contributed by atoms with Gasteiger partial charge in [0.1, 0.15) is 24.6 Å². The molecular weight excluding hydrogens is 618 g/mol. The van der Waals surface area contributed by atoms with E-state index in [0.717, 1.165) is 30.6 Å². The van der Waals surface area contributed by atoms with Crippen LogP contribution in [0.15, 0.2) is 18.2 Å². The van der Waals surface area contributed by atoms with Gasteiger partial charge in [-0.05, 0) is 25.0 Å². The van der Waals surface area contributed by atoms with Crippen LogP contribution < -0.4 is 9.47 Å². The fraction of sp³-hybridized carbons (Fsp3) is 0.780. The topological polar surface area (TPSA) is 91.4 Å². The number of hydrogen-bond donors (Lipinski definition) is 0. The van der Waals surface area contributed by atoms with Crippen LogP contribution in [0.3, 0.4) is 0 Å². The number of carbonyl (C=O) groups excluding carboxylic acids is 3. The molecule has 0 spiro atoms. The number of amides is 1. The molecule has 282 valence electrons. The summed E-state index contributed by atoms with van der Waals surface area (Å²) in [6, 6.07) is 5.13. The zero-order valence-corrected chi connectivity index (χ0v) is 31.8. The van der Waals surface area contributed by atoms with Gasteiger partial charge < -0.3 is 23.8 Å². The van der Waals surface area contributed by atoms with E-state index in [1.54, 1.807) is 12.1 Å². The van der Waals surface area contributed by atoms with Gasteiger partial charge in [-0.25, -0.2) is 0 Å². The molecule has 0 aromatic heterocycles. The lowest BCUT2D eigenvalue weighted by atomic mass is 10.1. The first-order chi connectivity index (χ1) is 23.9. The molecule has 0 fully saturated rings. The van der Waals surface area contributed by atoms with E-state index in [0.29, 0.717) is 24.7 Å². The Kier molecular flexibility index (Phi) is 28.2. The third-order valence-corrected chi connectivity index (χ3v) is 9.04. The van der Waals surface area contributed by atoms with Gasteiger partial charge in [0.25, 0.3) is 5.91 Å². The largest absolute Gasteiger partial charge is 0.493 e. The Balaban J connectivity index is 2.62. The van der Waals surface area contributed by atoms with Crippen LogP contribution in [-0.4, -0.2) is 63.3 Å². The Morgan fingerprint density at radius 2 is 0.776 bits per heavy atom. The SMILES string of the molecule is CCCCCCCCCCCCCCOc1cc(OCCCCCCCCCCCCCC)cc(C(=O)N(CC(=O)OC)CC(=O)OC)c1. The zero-order valence-electron chi connectivity index (χ0n) is 31.8. The fourth-order valence-electron chi connectivity index (χ4n) is 5.95. The molecule has 0 saturated heterocycles. The molecule has 0 heterocycles. The lowest BCUT2D eigenvalue weighted by Gasteiger charge is -2.21. The summed E-state index contributed by atoms with van der Waals surface area (Å²) in [7, 11) is 2.49. The molecule has 0 bridgehead atoms. The summed E-state index contributed by atoms with van der Waals surface area (Å²) in [5.41, 5.74) is 0.282. The first-order valence-electron chi connectivity index (χ1n) is 19.8.